The number of pyridine rings is 1. The van der Waals surface area contributed by atoms with E-state index in [1.54, 1.807) is 11.9 Å². The number of hydrogen-bond acceptors (Lipinski definition) is 7. The Labute approximate surface area is 228 Å². The van der Waals surface area contributed by atoms with Crippen molar-refractivity contribution in [1.29, 1.82) is 0 Å². The van der Waals surface area contributed by atoms with Gasteiger partial charge in [-0.15, -0.1) is 0 Å². The molecule has 2 N–H and O–H groups in total. The average Bonchev–Trinajstić information content (AvgIpc) is 2.89. The van der Waals surface area contributed by atoms with Crippen LogP contribution in [0.3, 0.4) is 0 Å². The van der Waals surface area contributed by atoms with Gasteiger partial charge < -0.3 is 29.7 Å². The maximum absolute atomic E-state index is 13.4. The normalized spacial score (nSPS) is 23.9. The molecule has 13 heteroatoms. The molecule has 10 nitrogen and oxygen atoms in total. The first-order chi connectivity index (χ1) is 18.9. The zero-order valence-corrected chi connectivity index (χ0v) is 21.9. The lowest BCUT2D eigenvalue weighted by Crippen LogP contribution is -2.60. The summed E-state index contributed by atoms with van der Waals surface area (Å²) < 4.78 is 55.7. The summed E-state index contributed by atoms with van der Waals surface area (Å²) in [6.45, 7) is 3.04. The number of aromatic nitrogens is 1. The van der Waals surface area contributed by atoms with Crippen molar-refractivity contribution in [2.75, 3.05) is 32.2 Å². The van der Waals surface area contributed by atoms with E-state index >= 15 is 0 Å². The SMILES string of the molecule is CN1C(=O)c2cc(NC(=O)c3ccc(C(F)(F)F)cn3)ccc2OC[C@@H]2O[C@H](CC(=O)NC3(C)COC3)CC[C@@H]21. The number of nitrogens with one attached hydrogen (secondary N) is 2. The molecule has 3 atom stereocenters. The summed E-state index contributed by atoms with van der Waals surface area (Å²) in [6.07, 6.45) is -3.34. The van der Waals surface area contributed by atoms with E-state index in [0.29, 0.717) is 38.0 Å². The molecule has 40 heavy (non-hydrogen) atoms. The van der Waals surface area contributed by atoms with E-state index in [0.717, 1.165) is 12.1 Å². The summed E-state index contributed by atoms with van der Waals surface area (Å²) in [7, 11) is 1.67. The van der Waals surface area contributed by atoms with Gasteiger partial charge in [0.25, 0.3) is 11.8 Å². The minimum atomic E-state index is -4.56. The minimum Gasteiger partial charge on any atom is -0.490 e. The second kappa shape index (κ2) is 10.7. The average molecular weight is 563 g/mol. The minimum absolute atomic E-state index is 0.114. The van der Waals surface area contributed by atoms with E-state index in [-0.39, 0.29) is 59.5 Å². The molecule has 0 spiro atoms. The number of rotatable bonds is 5. The number of carbonyl (C=O) groups is 3. The number of carbonyl (C=O) groups excluding carboxylic acids is 3. The van der Waals surface area contributed by atoms with Gasteiger partial charge in [0.1, 0.15) is 24.2 Å². The Bertz CT molecular complexity index is 1300. The number of ether oxygens (including phenoxy) is 3. The van der Waals surface area contributed by atoms with Gasteiger partial charge >= 0.3 is 6.18 Å². The van der Waals surface area contributed by atoms with Crippen molar-refractivity contribution in [3.05, 3.63) is 53.3 Å². The first-order valence-corrected chi connectivity index (χ1v) is 12.8. The van der Waals surface area contributed by atoms with Crippen LogP contribution in [0.15, 0.2) is 36.5 Å². The summed E-state index contributed by atoms with van der Waals surface area (Å²) in [5.74, 6) is -0.888. The molecule has 1 aromatic carbocycles. The lowest BCUT2D eigenvalue weighted by atomic mass is 9.94. The van der Waals surface area contributed by atoms with E-state index in [4.69, 9.17) is 14.2 Å². The molecule has 2 fully saturated rings. The number of hydrogen-bond donors (Lipinski definition) is 2. The Balaban J connectivity index is 1.24. The number of anilines is 1. The van der Waals surface area contributed by atoms with Gasteiger partial charge in [-0.25, -0.2) is 0 Å². The predicted octanol–water partition coefficient (Wildman–Crippen LogP) is 3.03. The third kappa shape index (κ3) is 5.89. The van der Waals surface area contributed by atoms with Gasteiger partial charge in [0, 0.05) is 18.9 Å². The van der Waals surface area contributed by atoms with E-state index in [1.165, 1.54) is 18.2 Å². The molecule has 0 radical (unpaired) electrons. The molecule has 5 rings (SSSR count). The topological polar surface area (TPSA) is 119 Å². The number of halogens is 3. The lowest BCUT2D eigenvalue weighted by Gasteiger charge is -2.43. The van der Waals surface area contributed by atoms with E-state index in [9.17, 15) is 27.6 Å². The quantitative estimate of drug-likeness (QED) is 0.575. The third-order valence-electron chi connectivity index (χ3n) is 7.29. The Kier molecular flexibility index (Phi) is 7.44. The number of benzene rings is 1. The largest absolute Gasteiger partial charge is 0.490 e. The van der Waals surface area contributed by atoms with E-state index < -0.39 is 23.8 Å². The second-order valence-corrected chi connectivity index (χ2v) is 10.6. The summed E-state index contributed by atoms with van der Waals surface area (Å²) in [5, 5.41) is 5.55. The molecule has 0 aliphatic carbocycles. The highest BCUT2D eigenvalue weighted by atomic mass is 19.4. The highest BCUT2D eigenvalue weighted by Crippen LogP contribution is 2.33. The molecule has 2 saturated heterocycles. The molecular weight excluding hydrogens is 533 g/mol. The highest BCUT2D eigenvalue weighted by Gasteiger charge is 2.40. The number of amides is 3. The standard InChI is InChI=1S/C27H29F3N4O6/c1-26(13-38-14-26)33-23(35)10-17-5-7-20-22(40-17)12-39-21-8-4-16(9-18(21)25(37)34(20)2)32-24(36)19-6-3-15(11-31-19)27(28,29)30/h3-4,6,8-9,11,17,20,22H,5,7,10,12-14H2,1-2H3,(H,32,36)(H,33,35)/t17-,20-,22-/m0/s1. The summed E-state index contributed by atoms with van der Waals surface area (Å²) in [4.78, 5) is 43.7. The summed E-state index contributed by atoms with van der Waals surface area (Å²) in [5.41, 5.74) is -1.05. The Morgan fingerprint density at radius 1 is 1.18 bits per heavy atom. The van der Waals surface area contributed by atoms with Crippen LogP contribution in [0.1, 0.15) is 52.6 Å². The first-order valence-electron chi connectivity index (χ1n) is 12.8. The van der Waals surface area contributed by atoms with Crippen LogP contribution in [0.5, 0.6) is 5.75 Å². The van der Waals surface area contributed by atoms with Crippen LogP contribution in [-0.2, 0) is 20.4 Å². The number of likely N-dealkylation sites (N-methyl/N-ethyl adjacent to an activating group) is 1. The zero-order valence-electron chi connectivity index (χ0n) is 21.9. The van der Waals surface area contributed by atoms with Gasteiger partial charge in [0.2, 0.25) is 5.91 Å². The monoisotopic (exact) mass is 562 g/mol. The van der Waals surface area contributed by atoms with Crippen LogP contribution in [0.2, 0.25) is 0 Å². The molecular formula is C27H29F3N4O6. The molecule has 3 aliphatic rings. The molecule has 3 amide bonds. The van der Waals surface area contributed by atoms with E-state index in [1.807, 2.05) is 6.92 Å². The van der Waals surface area contributed by atoms with Crippen molar-refractivity contribution in [2.24, 2.45) is 0 Å². The Hall–Kier alpha value is -3.71. The van der Waals surface area contributed by atoms with Crippen LogP contribution >= 0.6 is 0 Å². The molecule has 2 aromatic rings. The van der Waals surface area contributed by atoms with Crippen LogP contribution in [0.25, 0.3) is 0 Å². The number of nitrogens with zero attached hydrogens (tertiary/aromatic N) is 2. The molecule has 0 saturated carbocycles. The lowest BCUT2D eigenvalue weighted by molar-refractivity contribution is -0.141. The Morgan fingerprint density at radius 3 is 2.60 bits per heavy atom. The predicted molar refractivity (Wildman–Crippen MR) is 135 cm³/mol. The number of fused-ring (bicyclic) bond motifs is 2. The van der Waals surface area contributed by atoms with Gasteiger partial charge in [-0.05, 0) is 50.1 Å². The molecule has 0 bridgehead atoms. The fourth-order valence-corrected chi connectivity index (χ4v) is 5.07. The van der Waals surface area contributed by atoms with Crippen molar-refractivity contribution in [3.8, 4) is 5.75 Å². The van der Waals surface area contributed by atoms with Crippen molar-refractivity contribution >= 4 is 23.4 Å². The Morgan fingerprint density at radius 2 is 1.95 bits per heavy atom. The van der Waals surface area contributed by atoms with Crippen molar-refractivity contribution < 1.29 is 41.8 Å². The smallest absolute Gasteiger partial charge is 0.417 e. The highest BCUT2D eigenvalue weighted by molar-refractivity contribution is 6.04. The van der Waals surface area contributed by atoms with Crippen LogP contribution < -0.4 is 15.4 Å². The first kappa shape index (κ1) is 27.8. The van der Waals surface area contributed by atoms with Crippen LogP contribution in [0, 0.1) is 0 Å². The van der Waals surface area contributed by atoms with Crippen LogP contribution in [-0.4, -0.2) is 78.3 Å². The fraction of sp³-hybridized carbons (Fsp3) is 0.481. The number of alkyl halides is 3. The van der Waals surface area contributed by atoms with Gasteiger partial charge in [-0.3, -0.25) is 19.4 Å². The maximum atomic E-state index is 13.4. The van der Waals surface area contributed by atoms with Crippen molar-refractivity contribution in [1.82, 2.24) is 15.2 Å². The van der Waals surface area contributed by atoms with Gasteiger partial charge in [-0.2, -0.15) is 13.2 Å². The van der Waals surface area contributed by atoms with E-state index in [2.05, 4.69) is 15.6 Å². The van der Waals surface area contributed by atoms with Gasteiger partial charge in [-0.1, -0.05) is 0 Å². The third-order valence-corrected chi connectivity index (χ3v) is 7.29. The fourth-order valence-electron chi connectivity index (χ4n) is 5.07. The molecule has 0 unspecified atom stereocenters. The molecule has 1 aromatic heterocycles. The second-order valence-electron chi connectivity index (χ2n) is 10.6. The van der Waals surface area contributed by atoms with Gasteiger partial charge in [0.15, 0.2) is 0 Å². The molecule has 4 heterocycles. The van der Waals surface area contributed by atoms with Crippen LogP contribution in [0.4, 0.5) is 18.9 Å². The summed E-state index contributed by atoms with van der Waals surface area (Å²) >= 11 is 0. The maximum Gasteiger partial charge on any atom is 0.417 e. The molecule has 3 aliphatic heterocycles. The van der Waals surface area contributed by atoms with Gasteiger partial charge in [0.05, 0.1) is 48.4 Å². The molecule has 214 valence electrons. The summed E-state index contributed by atoms with van der Waals surface area (Å²) in [6, 6.07) is 5.98. The van der Waals surface area contributed by atoms with Crippen molar-refractivity contribution in [2.45, 2.75) is 56.2 Å². The zero-order chi connectivity index (χ0) is 28.7. The van der Waals surface area contributed by atoms with Crippen molar-refractivity contribution in [3.63, 3.8) is 0 Å².